The molecule has 6 rings (SSSR count). The number of aromatic nitrogens is 1. The van der Waals surface area contributed by atoms with Crippen LogP contribution < -0.4 is 0 Å². The highest BCUT2D eigenvalue weighted by molar-refractivity contribution is 7.26. The van der Waals surface area contributed by atoms with Gasteiger partial charge < -0.3 is 4.98 Å². The largest absolute Gasteiger partial charge is 0.354 e. The Morgan fingerprint density at radius 1 is 0.852 bits per heavy atom. The van der Waals surface area contributed by atoms with Crippen LogP contribution in [0.2, 0.25) is 0 Å². The van der Waals surface area contributed by atoms with Gasteiger partial charge in [0.2, 0.25) is 0 Å². The zero-order valence-electron chi connectivity index (χ0n) is 15.0. The number of hydrogen-bond acceptors (Lipinski definition) is 1. The molecule has 2 heterocycles. The van der Waals surface area contributed by atoms with Crippen LogP contribution in [-0.2, 0) is 0 Å². The smallest absolute Gasteiger partial charge is 0.0479 e. The molecule has 27 heavy (non-hydrogen) atoms. The molecule has 0 aliphatic carbocycles. The van der Waals surface area contributed by atoms with Gasteiger partial charge >= 0.3 is 0 Å². The van der Waals surface area contributed by atoms with Crippen molar-refractivity contribution < 1.29 is 0 Å². The lowest BCUT2D eigenvalue weighted by Gasteiger charge is -2.01. The number of rotatable bonds is 1. The van der Waals surface area contributed by atoms with E-state index < -0.39 is 0 Å². The molecule has 0 aliphatic rings. The van der Waals surface area contributed by atoms with E-state index in [1.54, 1.807) is 0 Å². The van der Waals surface area contributed by atoms with Crippen molar-refractivity contribution in [1.82, 2.24) is 4.98 Å². The fraction of sp³-hybridized carbons (Fsp3) is 0.0400. The van der Waals surface area contributed by atoms with Crippen LogP contribution in [0.25, 0.3) is 58.8 Å². The van der Waals surface area contributed by atoms with E-state index in [1.165, 1.54) is 63.9 Å². The van der Waals surface area contributed by atoms with Crippen LogP contribution in [-0.4, -0.2) is 4.98 Å². The molecular weight excluding hydrogens is 346 g/mol. The Morgan fingerprint density at radius 2 is 1.67 bits per heavy atom. The number of benzene rings is 4. The normalized spacial score (nSPS) is 12.0. The third-order valence-electron chi connectivity index (χ3n) is 5.70. The molecule has 1 nitrogen and oxygen atoms in total. The van der Waals surface area contributed by atoms with Gasteiger partial charge in [0.05, 0.1) is 0 Å². The summed E-state index contributed by atoms with van der Waals surface area (Å²) >= 11 is 1.90. The molecule has 6 aromatic rings. The lowest BCUT2D eigenvalue weighted by atomic mass is 10.0. The summed E-state index contributed by atoms with van der Waals surface area (Å²) in [6.07, 6.45) is 1.95. The lowest BCUT2D eigenvalue weighted by molar-refractivity contribution is 1.49. The molecule has 0 amide bonds. The zero-order valence-corrected chi connectivity index (χ0v) is 15.8. The monoisotopic (exact) mass is 363 g/mol. The fourth-order valence-electron chi connectivity index (χ4n) is 4.37. The van der Waals surface area contributed by atoms with E-state index >= 15 is 0 Å². The Morgan fingerprint density at radius 3 is 2.56 bits per heavy atom. The van der Waals surface area contributed by atoms with E-state index in [9.17, 15) is 0 Å². The highest BCUT2D eigenvalue weighted by Crippen LogP contribution is 2.43. The number of H-pyrrole nitrogens is 1. The predicted octanol–water partition coefficient (Wildman–Crippen LogP) is 7.79. The standard InChI is InChI=1S/C25H17NS/c1-3-15-13-19-18-9-11-21-24(25(18)27-22(19)12-14(15)2)23-17-7-5-4-6-16(17)8-10-20(23)26-21/h3-13,26H,1H2,2H3. The molecule has 0 unspecified atom stereocenters. The first-order valence-corrected chi connectivity index (χ1v) is 9.98. The van der Waals surface area contributed by atoms with Crippen LogP contribution >= 0.6 is 11.3 Å². The quantitative estimate of drug-likeness (QED) is 0.307. The SMILES string of the molecule is C=Cc1cc2c(cc1C)sc1c2ccc2[nH]c3ccc4ccccc4c3c21. The van der Waals surface area contributed by atoms with Crippen molar-refractivity contribution in [2.45, 2.75) is 6.92 Å². The van der Waals surface area contributed by atoms with Gasteiger partial charge in [-0.05, 0) is 53.1 Å². The molecule has 0 radical (unpaired) electrons. The minimum absolute atomic E-state index is 1.21. The van der Waals surface area contributed by atoms with Gasteiger partial charge in [0.15, 0.2) is 0 Å². The Bertz CT molecular complexity index is 1550. The van der Waals surface area contributed by atoms with Crippen molar-refractivity contribution in [3.05, 3.63) is 78.4 Å². The number of fused-ring (bicyclic) bond motifs is 9. The second kappa shape index (κ2) is 5.21. The molecule has 2 heteroatoms. The van der Waals surface area contributed by atoms with Crippen molar-refractivity contribution >= 4 is 70.2 Å². The first-order valence-electron chi connectivity index (χ1n) is 9.16. The summed E-state index contributed by atoms with van der Waals surface area (Å²) in [5, 5.41) is 7.94. The molecule has 0 aliphatic heterocycles. The average molecular weight is 363 g/mol. The highest BCUT2D eigenvalue weighted by atomic mass is 32.1. The van der Waals surface area contributed by atoms with Gasteiger partial charge in [-0.2, -0.15) is 0 Å². The molecule has 0 atom stereocenters. The van der Waals surface area contributed by atoms with Crippen molar-refractivity contribution in [3.8, 4) is 0 Å². The van der Waals surface area contributed by atoms with Crippen LogP contribution in [0.15, 0.2) is 67.2 Å². The molecule has 4 aromatic carbocycles. The first kappa shape index (κ1) is 15.0. The maximum atomic E-state index is 3.98. The van der Waals surface area contributed by atoms with E-state index in [2.05, 4.69) is 79.2 Å². The fourth-order valence-corrected chi connectivity index (χ4v) is 5.70. The van der Waals surface area contributed by atoms with Crippen molar-refractivity contribution in [2.75, 3.05) is 0 Å². The molecule has 0 saturated heterocycles. The minimum atomic E-state index is 1.21. The second-order valence-corrected chi connectivity index (χ2v) is 8.26. The molecule has 0 bridgehead atoms. The molecular formula is C25H17NS. The molecule has 0 spiro atoms. The minimum Gasteiger partial charge on any atom is -0.354 e. The Balaban J connectivity index is 1.89. The van der Waals surface area contributed by atoms with Crippen LogP contribution in [0, 0.1) is 6.92 Å². The van der Waals surface area contributed by atoms with Crippen LogP contribution in [0.3, 0.4) is 0 Å². The molecule has 0 fully saturated rings. The Hall–Kier alpha value is -3.10. The maximum absolute atomic E-state index is 3.98. The predicted molar refractivity (Wildman–Crippen MR) is 121 cm³/mol. The molecule has 0 saturated carbocycles. The number of nitrogens with one attached hydrogen (secondary N) is 1. The third kappa shape index (κ3) is 1.93. The summed E-state index contributed by atoms with van der Waals surface area (Å²) < 4.78 is 2.71. The summed E-state index contributed by atoms with van der Waals surface area (Å²) in [7, 11) is 0. The van der Waals surface area contributed by atoms with Gasteiger partial charge in [-0.1, -0.05) is 49.1 Å². The van der Waals surface area contributed by atoms with Gasteiger partial charge in [0, 0.05) is 42.0 Å². The topological polar surface area (TPSA) is 15.8 Å². The average Bonchev–Trinajstić information content (AvgIpc) is 3.24. The number of aryl methyl sites for hydroxylation is 1. The van der Waals surface area contributed by atoms with E-state index in [4.69, 9.17) is 0 Å². The van der Waals surface area contributed by atoms with Crippen LogP contribution in [0.4, 0.5) is 0 Å². The third-order valence-corrected chi connectivity index (χ3v) is 6.88. The lowest BCUT2D eigenvalue weighted by Crippen LogP contribution is -1.79. The number of hydrogen-bond donors (Lipinski definition) is 1. The maximum Gasteiger partial charge on any atom is 0.0479 e. The van der Waals surface area contributed by atoms with E-state index in [1.807, 2.05) is 17.4 Å². The summed E-state index contributed by atoms with van der Waals surface area (Å²) in [6, 6.07) is 22.2. The summed E-state index contributed by atoms with van der Waals surface area (Å²) in [4.78, 5) is 3.63. The van der Waals surface area contributed by atoms with Gasteiger partial charge in [-0.15, -0.1) is 11.3 Å². The number of aromatic amines is 1. The summed E-state index contributed by atoms with van der Waals surface area (Å²) in [5.74, 6) is 0. The van der Waals surface area contributed by atoms with Crippen molar-refractivity contribution in [2.24, 2.45) is 0 Å². The van der Waals surface area contributed by atoms with Crippen molar-refractivity contribution in [1.29, 1.82) is 0 Å². The molecule has 2 aromatic heterocycles. The van der Waals surface area contributed by atoms with Gasteiger partial charge in [0.1, 0.15) is 0 Å². The summed E-state index contributed by atoms with van der Waals surface area (Å²) in [5.41, 5.74) is 4.91. The van der Waals surface area contributed by atoms with Crippen LogP contribution in [0.5, 0.6) is 0 Å². The van der Waals surface area contributed by atoms with Crippen LogP contribution in [0.1, 0.15) is 11.1 Å². The van der Waals surface area contributed by atoms with Crippen molar-refractivity contribution in [3.63, 3.8) is 0 Å². The zero-order chi connectivity index (χ0) is 18.1. The van der Waals surface area contributed by atoms with E-state index in [0.717, 1.165) is 0 Å². The highest BCUT2D eigenvalue weighted by Gasteiger charge is 2.15. The molecule has 128 valence electrons. The van der Waals surface area contributed by atoms with E-state index in [-0.39, 0.29) is 0 Å². The van der Waals surface area contributed by atoms with Gasteiger partial charge in [-0.25, -0.2) is 0 Å². The molecule has 1 N–H and O–H groups in total. The van der Waals surface area contributed by atoms with Gasteiger partial charge in [-0.3, -0.25) is 0 Å². The second-order valence-electron chi connectivity index (χ2n) is 7.21. The Labute approximate surface area is 160 Å². The summed E-state index contributed by atoms with van der Waals surface area (Å²) in [6.45, 7) is 6.14. The van der Waals surface area contributed by atoms with Gasteiger partial charge in [0.25, 0.3) is 0 Å². The Kier molecular flexibility index (Phi) is 2.90. The number of thiophene rings is 1. The van der Waals surface area contributed by atoms with E-state index in [0.29, 0.717) is 0 Å². The first-order chi connectivity index (χ1) is 13.2.